The zero-order valence-electron chi connectivity index (χ0n) is 17.4. The van der Waals surface area contributed by atoms with Gasteiger partial charge in [0, 0.05) is 29.2 Å². The molecule has 1 saturated carbocycles. The number of halogens is 1. The average Bonchev–Trinajstić information content (AvgIpc) is 3.46. The smallest absolute Gasteiger partial charge is 0.340 e. The second-order valence-electron chi connectivity index (χ2n) is 9.24. The largest absolute Gasteiger partial charge is 0.458 e. The van der Waals surface area contributed by atoms with Crippen molar-refractivity contribution in [1.29, 1.82) is 0 Å². The molecule has 1 unspecified atom stereocenters. The predicted molar refractivity (Wildman–Crippen MR) is 112 cm³/mol. The molecule has 0 saturated heterocycles. The molecule has 6 rings (SSSR count). The van der Waals surface area contributed by atoms with Crippen LogP contribution in [0.25, 0.3) is 22.3 Å². The summed E-state index contributed by atoms with van der Waals surface area (Å²) in [6, 6.07) is 4.81. The Bertz CT molecular complexity index is 1410. The minimum absolute atomic E-state index is 0.0681. The number of aliphatic hydroxyl groups is 2. The summed E-state index contributed by atoms with van der Waals surface area (Å²) in [6.45, 7) is 1.88. The van der Waals surface area contributed by atoms with Crippen molar-refractivity contribution in [3.63, 3.8) is 0 Å². The minimum atomic E-state index is -1.52. The van der Waals surface area contributed by atoms with Crippen molar-refractivity contribution in [1.82, 2.24) is 9.55 Å². The summed E-state index contributed by atoms with van der Waals surface area (Å²) in [5, 5.41) is 21.1. The highest BCUT2D eigenvalue weighted by Crippen LogP contribution is 2.50. The van der Waals surface area contributed by atoms with Crippen molar-refractivity contribution in [2.45, 2.75) is 45.4 Å². The molecule has 2 aliphatic heterocycles. The van der Waals surface area contributed by atoms with Gasteiger partial charge in [-0.05, 0) is 54.9 Å². The molecule has 0 radical (unpaired) electrons. The van der Waals surface area contributed by atoms with E-state index in [2.05, 4.69) is 0 Å². The lowest BCUT2D eigenvalue weighted by Crippen LogP contribution is -2.32. The van der Waals surface area contributed by atoms with E-state index >= 15 is 0 Å². The number of fused-ring (bicyclic) bond motifs is 5. The normalized spacial score (nSPS) is 20.0. The fraction of sp³-hybridized carbons (Fsp3) is 0.375. The Kier molecular flexibility index (Phi) is 3.95. The zero-order chi connectivity index (χ0) is 22.4. The number of rotatable bonds is 3. The summed E-state index contributed by atoms with van der Waals surface area (Å²) >= 11 is 0. The van der Waals surface area contributed by atoms with E-state index in [4.69, 9.17) is 9.72 Å². The van der Waals surface area contributed by atoms with E-state index in [1.54, 1.807) is 23.6 Å². The van der Waals surface area contributed by atoms with Gasteiger partial charge in [0.25, 0.3) is 5.56 Å². The summed E-state index contributed by atoms with van der Waals surface area (Å²) in [4.78, 5) is 29.8. The van der Waals surface area contributed by atoms with Gasteiger partial charge in [0.2, 0.25) is 0 Å². The summed E-state index contributed by atoms with van der Waals surface area (Å²) in [5.74, 6) is -1.15. The summed E-state index contributed by atoms with van der Waals surface area (Å²) in [5.41, 5.74) is 3.84. The van der Waals surface area contributed by atoms with E-state index in [1.807, 2.05) is 0 Å². The molecule has 32 heavy (non-hydrogen) atoms. The van der Waals surface area contributed by atoms with Crippen molar-refractivity contribution < 1.29 is 24.1 Å². The standard InChI is InChI=1S/C24H21FN2O5/c1-11-4-12-14(7-24(10-28)2-3-24)15-8-27-19(20(15)26-18(12)6-17(11)25)5-13-16(22(27)30)9-32-23(31)21(13)29/h4-6,21,28-29H,2-3,7-10H2,1H3. The number of aryl methyl sites for hydroxylation is 1. The van der Waals surface area contributed by atoms with Crippen LogP contribution in [0.15, 0.2) is 23.0 Å². The van der Waals surface area contributed by atoms with Crippen molar-refractivity contribution in [2.75, 3.05) is 6.61 Å². The van der Waals surface area contributed by atoms with Crippen LogP contribution >= 0.6 is 0 Å². The molecule has 0 amide bonds. The van der Waals surface area contributed by atoms with Crippen molar-refractivity contribution >= 4 is 16.9 Å². The quantitative estimate of drug-likeness (QED) is 0.478. The van der Waals surface area contributed by atoms with E-state index in [0.29, 0.717) is 28.9 Å². The van der Waals surface area contributed by atoms with Gasteiger partial charge >= 0.3 is 5.97 Å². The predicted octanol–water partition coefficient (Wildman–Crippen LogP) is 2.28. The Morgan fingerprint density at radius 1 is 1.25 bits per heavy atom. The number of aliphatic hydroxyl groups excluding tert-OH is 2. The van der Waals surface area contributed by atoms with Crippen LogP contribution in [0.3, 0.4) is 0 Å². The van der Waals surface area contributed by atoms with Crippen LogP contribution in [0.1, 0.15) is 46.8 Å². The Morgan fingerprint density at radius 2 is 2.03 bits per heavy atom. The fourth-order valence-electron chi connectivity index (χ4n) is 4.98. The number of esters is 1. The van der Waals surface area contributed by atoms with Crippen molar-refractivity contribution in [3.8, 4) is 11.4 Å². The molecule has 164 valence electrons. The Labute approximate surface area is 182 Å². The number of carbonyl (C=O) groups excluding carboxylic acids is 1. The Balaban J connectivity index is 1.63. The number of hydrogen-bond donors (Lipinski definition) is 2. The van der Waals surface area contributed by atoms with Gasteiger partial charge in [0.1, 0.15) is 12.4 Å². The fourth-order valence-corrected chi connectivity index (χ4v) is 4.98. The van der Waals surface area contributed by atoms with Crippen molar-refractivity contribution in [3.05, 3.63) is 62.2 Å². The number of aromatic nitrogens is 2. The molecule has 3 aromatic rings. The molecule has 1 atom stereocenters. The lowest BCUT2D eigenvalue weighted by atomic mass is 9.89. The Morgan fingerprint density at radius 3 is 2.75 bits per heavy atom. The molecular formula is C24H21FN2O5. The molecule has 2 N–H and O–H groups in total. The minimum Gasteiger partial charge on any atom is -0.458 e. The molecule has 3 aliphatic rings. The third kappa shape index (κ3) is 2.63. The van der Waals surface area contributed by atoms with Gasteiger partial charge in [0.05, 0.1) is 29.0 Å². The topological polar surface area (TPSA) is 102 Å². The highest BCUT2D eigenvalue weighted by molar-refractivity contribution is 5.89. The molecule has 2 aromatic heterocycles. The van der Waals surface area contributed by atoms with Gasteiger partial charge in [-0.1, -0.05) is 0 Å². The molecule has 8 heteroatoms. The number of cyclic esters (lactones) is 1. The number of carbonyl (C=O) groups is 1. The van der Waals surface area contributed by atoms with Crippen LogP contribution in [-0.2, 0) is 29.1 Å². The third-order valence-electron chi connectivity index (χ3n) is 7.20. The van der Waals surface area contributed by atoms with Crippen LogP contribution < -0.4 is 5.56 Å². The van der Waals surface area contributed by atoms with Crippen LogP contribution in [-0.4, -0.2) is 32.3 Å². The van der Waals surface area contributed by atoms with Crippen LogP contribution in [0.4, 0.5) is 4.39 Å². The monoisotopic (exact) mass is 436 g/mol. The van der Waals surface area contributed by atoms with Gasteiger partial charge < -0.3 is 19.5 Å². The Hall–Kier alpha value is -3.10. The summed E-state index contributed by atoms with van der Waals surface area (Å²) < 4.78 is 20.9. The van der Waals surface area contributed by atoms with E-state index < -0.39 is 12.1 Å². The number of pyridine rings is 2. The van der Waals surface area contributed by atoms with Crippen LogP contribution in [0, 0.1) is 18.2 Å². The molecule has 4 heterocycles. The van der Waals surface area contributed by atoms with E-state index in [-0.39, 0.29) is 47.7 Å². The first-order chi connectivity index (χ1) is 15.3. The molecule has 1 aliphatic carbocycles. The highest BCUT2D eigenvalue weighted by atomic mass is 19.1. The van der Waals surface area contributed by atoms with Gasteiger partial charge in [-0.25, -0.2) is 14.2 Å². The number of nitrogens with zero attached hydrogens (tertiary/aromatic N) is 2. The SMILES string of the molecule is Cc1cc2c(CC3(CO)CC3)c3c(nc2cc1F)-c1cc2c(c(=O)n1C3)COC(=O)C2O. The summed E-state index contributed by atoms with van der Waals surface area (Å²) in [7, 11) is 0. The first kappa shape index (κ1) is 19.6. The lowest BCUT2D eigenvalue weighted by Gasteiger charge is -2.21. The maximum Gasteiger partial charge on any atom is 0.340 e. The molecule has 1 fully saturated rings. The van der Waals surface area contributed by atoms with Gasteiger partial charge in [-0.15, -0.1) is 0 Å². The van der Waals surface area contributed by atoms with Crippen molar-refractivity contribution in [2.24, 2.45) is 5.41 Å². The third-order valence-corrected chi connectivity index (χ3v) is 7.20. The molecular weight excluding hydrogens is 415 g/mol. The molecule has 0 bridgehead atoms. The molecule has 1 aromatic carbocycles. The first-order valence-electron chi connectivity index (χ1n) is 10.7. The van der Waals surface area contributed by atoms with E-state index in [1.165, 1.54) is 6.07 Å². The highest BCUT2D eigenvalue weighted by Gasteiger charge is 2.44. The zero-order valence-corrected chi connectivity index (χ0v) is 17.4. The first-order valence-corrected chi connectivity index (χ1v) is 10.7. The van der Waals surface area contributed by atoms with Gasteiger partial charge in [0.15, 0.2) is 6.10 Å². The molecule has 0 spiro atoms. The molecule has 7 nitrogen and oxygen atoms in total. The second-order valence-corrected chi connectivity index (χ2v) is 9.24. The van der Waals surface area contributed by atoms with Crippen LogP contribution in [0.2, 0.25) is 0 Å². The average molecular weight is 436 g/mol. The maximum atomic E-state index is 14.4. The van der Waals surface area contributed by atoms with Gasteiger partial charge in [-0.3, -0.25) is 4.79 Å². The summed E-state index contributed by atoms with van der Waals surface area (Å²) in [6.07, 6.45) is 0.915. The number of benzene rings is 1. The van der Waals surface area contributed by atoms with E-state index in [9.17, 15) is 24.2 Å². The van der Waals surface area contributed by atoms with E-state index in [0.717, 1.165) is 29.4 Å². The maximum absolute atomic E-state index is 14.4. The number of hydrogen-bond acceptors (Lipinski definition) is 6. The van der Waals surface area contributed by atoms with Crippen LogP contribution in [0.5, 0.6) is 0 Å². The lowest BCUT2D eigenvalue weighted by molar-refractivity contribution is -0.157. The second kappa shape index (κ2) is 6.46. The number of ether oxygens (including phenoxy) is 1. The van der Waals surface area contributed by atoms with Gasteiger partial charge in [-0.2, -0.15) is 0 Å².